The molecule has 1 aliphatic rings. The van der Waals surface area contributed by atoms with E-state index in [0.717, 1.165) is 24.7 Å². The maximum Gasteiger partial charge on any atom is 0.253 e. The second-order valence-corrected chi connectivity index (χ2v) is 6.32. The van der Waals surface area contributed by atoms with Gasteiger partial charge < -0.3 is 4.90 Å². The van der Waals surface area contributed by atoms with E-state index < -0.39 is 0 Å². The van der Waals surface area contributed by atoms with Crippen molar-refractivity contribution in [1.82, 2.24) is 9.80 Å². The van der Waals surface area contributed by atoms with Gasteiger partial charge in [-0.1, -0.05) is 23.7 Å². The van der Waals surface area contributed by atoms with E-state index in [2.05, 4.69) is 17.0 Å². The van der Waals surface area contributed by atoms with Crippen molar-refractivity contribution in [3.05, 3.63) is 70.2 Å². The van der Waals surface area contributed by atoms with Crippen LogP contribution in [-0.2, 0) is 6.54 Å². The van der Waals surface area contributed by atoms with Crippen LogP contribution in [0, 0.1) is 11.3 Å². The third-order valence-corrected chi connectivity index (χ3v) is 4.45. The van der Waals surface area contributed by atoms with Gasteiger partial charge in [-0.15, -0.1) is 0 Å². The number of hydrogen-bond donors (Lipinski definition) is 0. The molecule has 0 spiro atoms. The van der Waals surface area contributed by atoms with Crippen LogP contribution in [0.2, 0.25) is 5.02 Å². The van der Waals surface area contributed by atoms with Crippen LogP contribution in [-0.4, -0.2) is 41.9 Å². The van der Waals surface area contributed by atoms with Gasteiger partial charge in [0.15, 0.2) is 0 Å². The highest BCUT2D eigenvalue weighted by molar-refractivity contribution is 6.30. The molecule has 2 aromatic rings. The largest absolute Gasteiger partial charge is 0.336 e. The van der Waals surface area contributed by atoms with Gasteiger partial charge >= 0.3 is 0 Å². The normalized spacial score (nSPS) is 15.1. The molecule has 1 aliphatic heterocycles. The van der Waals surface area contributed by atoms with Crippen LogP contribution >= 0.6 is 11.6 Å². The summed E-state index contributed by atoms with van der Waals surface area (Å²) < 4.78 is 0. The van der Waals surface area contributed by atoms with Crippen LogP contribution in [0.15, 0.2) is 48.5 Å². The molecule has 0 aromatic heterocycles. The molecule has 5 heteroatoms. The second-order valence-electron chi connectivity index (χ2n) is 5.89. The van der Waals surface area contributed by atoms with Crippen LogP contribution in [0.4, 0.5) is 0 Å². The predicted octanol–water partition coefficient (Wildman–Crippen LogP) is 3.17. The number of nitrogens with zero attached hydrogens (tertiary/aromatic N) is 3. The Bertz CT molecular complexity index is 759. The minimum Gasteiger partial charge on any atom is -0.336 e. The highest BCUT2D eigenvalue weighted by Gasteiger charge is 2.22. The fourth-order valence-corrected chi connectivity index (χ4v) is 3.09. The molecule has 1 amide bonds. The Balaban J connectivity index is 1.56. The zero-order valence-electron chi connectivity index (χ0n) is 13.3. The summed E-state index contributed by atoms with van der Waals surface area (Å²) in [6.07, 6.45) is 0. The van der Waals surface area contributed by atoms with E-state index in [9.17, 15) is 4.79 Å². The standard InChI is InChI=1S/C19H18ClN3O/c20-18-3-1-2-16(12-18)14-22-8-10-23(11-9-22)19(24)17-6-4-15(13-21)5-7-17/h1-7,12H,8-11,14H2. The highest BCUT2D eigenvalue weighted by atomic mass is 35.5. The number of hydrogen-bond acceptors (Lipinski definition) is 3. The minimum atomic E-state index is 0.0295. The van der Waals surface area contributed by atoms with E-state index in [1.54, 1.807) is 24.3 Å². The molecule has 0 bridgehead atoms. The van der Waals surface area contributed by atoms with Crippen LogP contribution in [0.1, 0.15) is 21.5 Å². The van der Waals surface area contributed by atoms with Gasteiger partial charge in [0.05, 0.1) is 11.6 Å². The van der Waals surface area contributed by atoms with Crippen LogP contribution in [0.3, 0.4) is 0 Å². The maximum atomic E-state index is 12.5. The first-order chi connectivity index (χ1) is 11.7. The summed E-state index contributed by atoms with van der Waals surface area (Å²) in [5.74, 6) is 0.0295. The summed E-state index contributed by atoms with van der Waals surface area (Å²) in [5.41, 5.74) is 2.39. The molecule has 122 valence electrons. The van der Waals surface area contributed by atoms with E-state index in [-0.39, 0.29) is 5.91 Å². The molecule has 1 saturated heterocycles. The molecule has 0 N–H and O–H groups in total. The number of halogens is 1. The fourth-order valence-electron chi connectivity index (χ4n) is 2.87. The van der Waals surface area contributed by atoms with Crippen molar-refractivity contribution < 1.29 is 4.79 Å². The molecule has 0 unspecified atom stereocenters. The monoisotopic (exact) mass is 339 g/mol. The number of benzene rings is 2. The van der Waals surface area contributed by atoms with Crippen molar-refractivity contribution in [1.29, 1.82) is 5.26 Å². The Morgan fingerprint density at radius 3 is 2.42 bits per heavy atom. The van der Waals surface area contributed by atoms with Crippen LogP contribution in [0.25, 0.3) is 0 Å². The molecule has 0 atom stereocenters. The number of piperazine rings is 1. The fraction of sp³-hybridized carbons (Fsp3) is 0.263. The second kappa shape index (κ2) is 7.48. The topological polar surface area (TPSA) is 47.3 Å². The first-order valence-electron chi connectivity index (χ1n) is 7.92. The molecule has 24 heavy (non-hydrogen) atoms. The Kier molecular flexibility index (Phi) is 5.14. The third-order valence-electron chi connectivity index (χ3n) is 4.22. The molecular formula is C19H18ClN3O. The lowest BCUT2D eigenvalue weighted by molar-refractivity contribution is 0.0628. The first-order valence-corrected chi connectivity index (χ1v) is 8.30. The SMILES string of the molecule is N#Cc1ccc(C(=O)N2CCN(Cc3cccc(Cl)c3)CC2)cc1. The molecule has 2 aromatic carbocycles. The van der Waals surface area contributed by atoms with Gasteiger partial charge in [-0.25, -0.2) is 0 Å². The average molecular weight is 340 g/mol. The van der Waals surface area contributed by atoms with Gasteiger partial charge in [0.1, 0.15) is 0 Å². The molecule has 3 rings (SSSR count). The van der Waals surface area contributed by atoms with Gasteiger partial charge in [-0.05, 0) is 42.0 Å². The quantitative estimate of drug-likeness (QED) is 0.863. The first kappa shape index (κ1) is 16.5. The van der Waals surface area contributed by atoms with Crippen LogP contribution in [0.5, 0.6) is 0 Å². The lowest BCUT2D eigenvalue weighted by atomic mass is 10.1. The number of amides is 1. The molecule has 0 aliphatic carbocycles. The summed E-state index contributed by atoms with van der Waals surface area (Å²) >= 11 is 6.03. The number of carbonyl (C=O) groups excluding carboxylic acids is 1. The van der Waals surface area contributed by atoms with Crippen LogP contribution < -0.4 is 0 Å². The highest BCUT2D eigenvalue weighted by Crippen LogP contribution is 2.15. The zero-order chi connectivity index (χ0) is 16.9. The van der Waals surface area contributed by atoms with Gasteiger partial charge in [0, 0.05) is 43.3 Å². The van der Waals surface area contributed by atoms with Crippen molar-refractivity contribution >= 4 is 17.5 Å². The van der Waals surface area contributed by atoms with E-state index in [1.165, 1.54) is 5.56 Å². The van der Waals surface area contributed by atoms with Crippen molar-refractivity contribution in [2.24, 2.45) is 0 Å². The van der Waals surface area contributed by atoms with E-state index >= 15 is 0 Å². The van der Waals surface area contributed by atoms with Gasteiger partial charge in [-0.3, -0.25) is 9.69 Å². The zero-order valence-corrected chi connectivity index (χ0v) is 14.0. The summed E-state index contributed by atoms with van der Waals surface area (Å²) in [7, 11) is 0. The van der Waals surface area contributed by atoms with Gasteiger partial charge in [0.2, 0.25) is 0 Å². The molecule has 0 saturated carbocycles. The smallest absolute Gasteiger partial charge is 0.253 e. The number of carbonyl (C=O) groups is 1. The molecular weight excluding hydrogens is 322 g/mol. The summed E-state index contributed by atoms with van der Waals surface area (Å²) in [6.45, 7) is 3.95. The Hall–Kier alpha value is -2.35. The van der Waals surface area contributed by atoms with Crippen molar-refractivity contribution in [2.75, 3.05) is 26.2 Å². The lowest BCUT2D eigenvalue weighted by Crippen LogP contribution is -2.48. The lowest BCUT2D eigenvalue weighted by Gasteiger charge is -2.34. The maximum absolute atomic E-state index is 12.5. The van der Waals surface area contributed by atoms with E-state index in [1.807, 2.05) is 23.1 Å². The van der Waals surface area contributed by atoms with Crippen molar-refractivity contribution in [2.45, 2.75) is 6.54 Å². The predicted molar refractivity (Wildman–Crippen MR) is 93.8 cm³/mol. The number of rotatable bonds is 3. The Morgan fingerprint density at radius 2 is 1.79 bits per heavy atom. The Labute approximate surface area is 146 Å². The number of nitriles is 1. The van der Waals surface area contributed by atoms with E-state index in [4.69, 9.17) is 16.9 Å². The van der Waals surface area contributed by atoms with Crippen molar-refractivity contribution in [3.8, 4) is 6.07 Å². The molecule has 1 fully saturated rings. The molecule has 1 heterocycles. The van der Waals surface area contributed by atoms with Crippen molar-refractivity contribution in [3.63, 3.8) is 0 Å². The third kappa shape index (κ3) is 3.94. The van der Waals surface area contributed by atoms with E-state index in [0.29, 0.717) is 24.2 Å². The van der Waals surface area contributed by atoms with Gasteiger partial charge in [-0.2, -0.15) is 5.26 Å². The summed E-state index contributed by atoms with van der Waals surface area (Å²) in [6, 6.07) is 16.8. The molecule has 0 radical (unpaired) electrons. The minimum absolute atomic E-state index is 0.0295. The Morgan fingerprint density at radius 1 is 1.08 bits per heavy atom. The summed E-state index contributed by atoms with van der Waals surface area (Å²) in [4.78, 5) is 16.7. The summed E-state index contributed by atoms with van der Waals surface area (Å²) in [5, 5.41) is 9.58. The average Bonchev–Trinajstić information content (AvgIpc) is 2.62. The van der Waals surface area contributed by atoms with Gasteiger partial charge in [0.25, 0.3) is 5.91 Å². The molecule has 4 nitrogen and oxygen atoms in total.